The molecule has 0 bridgehead atoms. The van der Waals surface area contributed by atoms with Crippen molar-refractivity contribution in [1.29, 1.82) is 0 Å². The molecule has 0 aliphatic carbocycles. The highest BCUT2D eigenvalue weighted by atomic mass is 35.5. The van der Waals surface area contributed by atoms with Crippen molar-refractivity contribution in [1.82, 2.24) is 4.90 Å². The normalized spacial score (nSPS) is 15.8. The highest BCUT2D eigenvalue weighted by Crippen LogP contribution is 2.32. The maximum absolute atomic E-state index is 12.7. The largest absolute Gasteiger partial charge is 0.444 e. The van der Waals surface area contributed by atoms with Crippen LogP contribution in [0.3, 0.4) is 0 Å². The van der Waals surface area contributed by atoms with Crippen LogP contribution in [0.1, 0.15) is 29.5 Å². The van der Waals surface area contributed by atoms with E-state index in [1.165, 1.54) is 5.56 Å². The molecule has 1 fully saturated rings. The molecule has 0 saturated carbocycles. The first-order chi connectivity index (χ1) is 17.5. The minimum absolute atomic E-state index is 0. The summed E-state index contributed by atoms with van der Waals surface area (Å²) in [7, 11) is 0. The third-order valence-corrected chi connectivity index (χ3v) is 6.92. The van der Waals surface area contributed by atoms with Crippen LogP contribution >= 0.6 is 12.4 Å². The number of para-hydroxylation sites is 1. The van der Waals surface area contributed by atoms with Gasteiger partial charge in [-0.25, -0.2) is 4.79 Å². The molecule has 2 N–H and O–H groups in total. The number of rotatable bonds is 6. The molecule has 2 amide bonds. The number of ether oxygens (including phenoxy) is 1. The Kier molecular flexibility index (Phi) is 8.36. The summed E-state index contributed by atoms with van der Waals surface area (Å²) in [5, 5.41) is 6.40. The molecule has 0 radical (unpaired) electrons. The fraction of sp³-hybridized carbons (Fsp3) is 0.310. The first kappa shape index (κ1) is 26.5. The van der Waals surface area contributed by atoms with Crippen LogP contribution in [0.5, 0.6) is 0 Å². The topological polar surface area (TPSA) is 73.9 Å². The first-order valence-corrected chi connectivity index (χ1v) is 12.5. The number of nitrogens with zero attached hydrogens (tertiary/aromatic N) is 2. The fourth-order valence-corrected chi connectivity index (χ4v) is 4.96. The van der Waals surface area contributed by atoms with Crippen molar-refractivity contribution in [3.8, 4) is 0 Å². The van der Waals surface area contributed by atoms with Gasteiger partial charge in [-0.2, -0.15) is 0 Å². The lowest BCUT2D eigenvalue weighted by atomic mass is 10.00. The first-order valence-electron chi connectivity index (χ1n) is 12.5. The van der Waals surface area contributed by atoms with Crippen LogP contribution in [-0.4, -0.2) is 42.6 Å². The van der Waals surface area contributed by atoms with Crippen LogP contribution in [-0.2, 0) is 16.1 Å². The Morgan fingerprint density at radius 3 is 2.41 bits per heavy atom. The van der Waals surface area contributed by atoms with E-state index in [4.69, 9.17) is 4.74 Å². The van der Waals surface area contributed by atoms with Crippen LogP contribution in [0.2, 0.25) is 0 Å². The van der Waals surface area contributed by atoms with Gasteiger partial charge in [0.05, 0.1) is 12.2 Å². The molecule has 3 aromatic carbocycles. The monoisotopic (exact) mass is 520 g/mol. The fourth-order valence-electron chi connectivity index (χ4n) is 4.96. The van der Waals surface area contributed by atoms with E-state index < -0.39 is 0 Å². The second-order valence-corrected chi connectivity index (χ2v) is 9.63. The number of carbonyl (C=O) groups is 2. The Morgan fingerprint density at radius 2 is 1.68 bits per heavy atom. The van der Waals surface area contributed by atoms with E-state index in [0.29, 0.717) is 13.2 Å². The van der Waals surface area contributed by atoms with Crippen LogP contribution in [0.25, 0.3) is 0 Å². The molecule has 2 aliphatic rings. The Balaban J connectivity index is 0.00000320. The Hall–Kier alpha value is -3.55. The van der Waals surface area contributed by atoms with Gasteiger partial charge in [0.1, 0.15) is 6.61 Å². The van der Waals surface area contributed by atoms with Crippen molar-refractivity contribution in [3.63, 3.8) is 0 Å². The van der Waals surface area contributed by atoms with E-state index in [1.54, 1.807) is 0 Å². The molecule has 194 valence electrons. The standard InChI is InChI=1S/C29H32N4O3.ClH/c1-20-7-12-27-22(17-20)19-36-29(35)33(27)25-13-15-32(16-14-25)18-28(34)31-24-10-8-23(9-11-24)30-26-6-4-3-5-21(26)2;/h3-12,17,25,30H,13-16,18-19H2,1-2H3,(H,31,34);1H. The summed E-state index contributed by atoms with van der Waals surface area (Å²) in [6, 6.07) is 22.1. The maximum Gasteiger partial charge on any atom is 0.414 e. The quantitative estimate of drug-likeness (QED) is 0.415. The number of fused-ring (bicyclic) bond motifs is 1. The van der Waals surface area contributed by atoms with Gasteiger partial charge in [-0.3, -0.25) is 14.6 Å². The average Bonchev–Trinajstić information content (AvgIpc) is 2.87. The zero-order chi connectivity index (χ0) is 25.1. The Labute approximate surface area is 224 Å². The summed E-state index contributed by atoms with van der Waals surface area (Å²) >= 11 is 0. The third-order valence-electron chi connectivity index (χ3n) is 6.92. The number of nitrogens with one attached hydrogen (secondary N) is 2. The number of amides is 2. The second kappa shape index (κ2) is 11.7. The van der Waals surface area contributed by atoms with Gasteiger partial charge >= 0.3 is 6.09 Å². The van der Waals surface area contributed by atoms with E-state index in [-0.39, 0.29) is 30.4 Å². The summed E-state index contributed by atoms with van der Waals surface area (Å²) in [5.41, 5.74) is 7.14. The Bertz CT molecular complexity index is 1260. The molecule has 1 saturated heterocycles. The van der Waals surface area contributed by atoms with Gasteiger partial charge in [0, 0.05) is 41.8 Å². The number of piperidine rings is 1. The summed E-state index contributed by atoms with van der Waals surface area (Å²) in [5.74, 6) is -0.0359. The van der Waals surface area contributed by atoms with Crippen molar-refractivity contribution in [2.45, 2.75) is 39.3 Å². The van der Waals surface area contributed by atoms with Crippen molar-refractivity contribution in [2.75, 3.05) is 35.2 Å². The van der Waals surface area contributed by atoms with Crippen LogP contribution in [0.15, 0.2) is 66.7 Å². The molecular formula is C29H33ClN4O3. The number of halogens is 1. The third kappa shape index (κ3) is 6.24. The number of benzene rings is 3. The van der Waals surface area contributed by atoms with Gasteiger partial charge in [0.2, 0.25) is 5.91 Å². The summed E-state index contributed by atoms with van der Waals surface area (Å²) in [6.07, 6.45) is 1.33. The summed E-state index contributed by atoms with van der Waals surface area (Å²) in [6.45, 7) is 6.27. The molecule has 2 heterocycles. The highest BCUT2D eigenvalue weighted by Gasteiger charge is 2.34. The van der Waals surface area contributed by atoms with Gasteiger partial charge in [0.25, 0.3) is 0 Å². The minimum atomic E-state index is -0.275. The van der Waals surface area contributed by atoms with Crippen LogP contribution in [0.4, 0.5) is 27.5 Å². The molecule has 2 aliphatic heterocycles. The molecule has 3 aromatic rings. The molecule has 8 heteroatoms. The van der Waals surface area contributed by atoms with Gasteiger partial charge in [-0.05, 0) is 68.7 Å². The van der Waals surface area contributed by atoms with Gasteiger partial charge in [0.15, 0.2) is 0 Å². The van der Waals surface area contributed by atoms with Crippen molar-refractivity contribution >= 4 is 47.2 Å². The lowest BCUT2D eigenvalue weighted by Crippen LogP contribution is -2.50. The number of aryl methyl sites for hydroxylation is 2. The SMILES string of the molecule is Cc1ccc2c(c1)COC(=O)N2C1CCN(CC(=O)Nc2ccc(Nc3ccccc3C)cc2)CC1.Cl. The predicted molar refractivity (Wildman–Crippen MR) is 150 cm³/mol. The Morgan fingerprint density at radius 1 is 0.973 bits per heavy atom. The molecule has 7 nitrogen and oxygen atoms in total. The van der Waals surface area contributed by atoms with Gasteiger partial charge in [-0.15, -0.1) is 12.4 Å². The second-order valence-electron chi connectivity index (χ2n) is 9.63. The zero-order valence-corrected chi connectivity index (χ0v) is 22.0. The van der Waals surface area contributed by atoms with Crippen LogP contribution < -0.4 is 15.5 Å². The summed E-state index contributed by atoms with van der Waals surface area (Å²) < 4.78 is 5.44. The molecule has 0 atom stereocenters. The summed E-state index contributed by atoms with van der Waals surface area (Å²) in [4.78, 5) is 29.2. The number of hydrogen-bond acceptors (Lipinski definition) is 5. The number of hydrogen-bond donors (Lipinski definition) is 2. The smallest absolute Gasteiger partial charge is 0.414 e. The number of likely N-dealkylation sites (tertiary alicyclic amines) is 1. The molecule has 0 unspecified atom stereocenters. The lowest BCUT2D eigenvalue weighted by molar-refractivity contribution is -0.117. The van der Waals surface area contributed by atoms with Gasteiger partial charge < -0.3 is 15.4 Å². The van der Waals surface area contributed by atoms with E-state index in [9.17, 15) is 9.59 Å². The number of carbonyl (C=O) groups excluding carboxylic acids is 2. The number of cyclic esters (lactones) is 1. The zero-order valence-electron chi connectivity index (χ0n) is 21.2. The maximum atomic E-state index is 12.7. The van der Waals surface area contributed by atoms with Crippen LogP contribution in [0, 0.1) is 13.8 Å². The minimum Gasteiger partial charge on any atom is -0.444 e. The number of anilines is 4. The molecule has 5 rings (SSSR count). The van der Waals surface area contributed by atoms with Gasteiger partial charge in [-0.1, -0.05) is 35.9 Å². The highest BCUT2D eigenvalue weighted by molar-refractivity contribution is 5.93. The molecule has 0 spiro atoms. The van der Waals surface area contributed by atoms with E-state index in [2.05, 4.69) is 34.6 Å². The van der Waals surface area contributed by atoms with Crippen molar-refractivity contribution in [2.24, 2.45) is 0 Å². The molecule has 0 aromatic heterocycles. The van der Waals surface area contributed by atoms with Crippen molar-refractivity contribution in [3.05, 3.63) is 83.4 Å². The van der Waals surface area contributed by atoms with E-state index in [1.807, 2.05) is 66.4 Å². The average molecular weight is 521 g/mol. The van der Waals surface area contributed by atoms with Crippen molar-refractivity contribution < 1.29 is 14.3 Å². The molecule has 37 heavy (non-hydrogen) atoms. The molecular weight excluding hydrogens is 488 g/mol. The van der Waals surface area contributed by atoms with E-state index in [0.717, 1.165) is 59.8 Å². The lowest BCUT2D eigenvalue weighted by Gasteiger charge is -2.40. The predicted octanol–water partition coefficient (Wildman–Crippen LogP) is 6.03. The van der Waals surface area contributed by atoms with E-state index >= 15 is 0 Å².